The average Bonchev–Trinajstić information content (AvgIpc) is 3.40. The molecule has 0 radical (unpaired) electrons. The molecule has 0 saturated carbocycles. The predicted octanol–water partition coefficient (Wildman–Crippen LogP) is 1.68. The maximum absolute atomic E-state index is 13.1. The van der Waals surface area contributed by atoms with Crippen LogP contribution in [0.5, 0.6) is 5.75 Å². The van der Waals surface area contributed by atoms with E-state index in [1.807, 2.05) is 0 Å². The van der Waals surface area contributed by atoms with E-state index in [1.54, 1.807) is 32.0 Å². The normalized spacial score (nSPS) is 16.7. The molecule has 1 aliphatic heterocycles. The van der Waals surface area contributed by atoms with Gasteiger partial charge in [0.05, 0.1) is 30.0 Å². The lowest BCUT2D eigenvalue weighted by atomic mass is 10.1. The number of amides is 2. The Labute approximate surface area is 235 Å². The first-order chi connectivity index (χ1) is 19.0. The lowest BCUT2D eigenvalue weighted by Crippen LogP contribution is -2.45. The number of esters is 1. The molecule has 0 aromatic heterocycles. The van der Waals surface area contributed by atoms with Crippen LogP contribution >= 0.6 is 11.8 Å². The molecule has 0 spiro atoms. The van der Waals surface area contributed by atoms with Gasteiger partial charge in [-0.25, -0.2) is 9.63 Å². The van der Waals surface area contributed by atoms with Gasteiger partial charge in [0.25, 0.3) is 0 Å². The summed E-state index contributed by atoms with van der Waals surface area (Å²) in [5.41, 5.74) is 0.519. The molecule has 224 valence electrons. The van der Waals surface area contributed by atoms with E-state index in [0.717, 1.165) is 11.8 Å². The molecule has 1 aliphatic rings. The number of nitrogens with one attached hydrogen (secondary N) is 1. The van der Waals surface area contributed by atoms with Crippen molar-refractivity contribution >= 4 is 34.7 Å². The number of likely N-dealkylation sites (tertiary alicyclic amines) is 1. The van der Waals surface area contributed by atoms with Crippen LogP contribution in [-0.2, 0) is 35.5 Å². The van der Waals surface area contributed by atoms with Crippen molar-refractivity contribution in [2.45, 2.75) is 64.6 Å². The number of benzene rings is 1. The third kappa shape index (κ3) is 11.8. The summed E-state index contributed by atoms with van der Waals surface area (Å²) in [5.74, 6) is -1.40. The maximum Gasteiger partial charge on any atom is 0.334 e. The van der Waals surface area contributed by atoms with Crippen LogP contribution in [-0.4, -0.2) is 90.4 Å². The highest BCUT2D eigenvalue weighted by Gasteiger charge is 2.37. The van der Waals surface area contributed by atoms with Gasteiger partial charge >= 0.3 is 5.97 Å². The topological polar surface area (TPSA) is 199 Å². The van der Waals surface area contributed by atoms with Crippen molar-refractivity contribution in [2.24, 2.45) is 5.92 Å². The predicted molar refractivity (Wildman–Crippen MR) is 136 cm³/mol. The SMILES string of the molecule is CC(NC(=O)CCCCON(O)O)C(=O)SC[C@@H](C)C(=O)N1CCC[C@H]1C(=O)Oc1cccc(CON(O)O)c1. The molecule has 1 fully saturated rings. The minimum atomic E-state index is -0.776. The molecule has 2 amide bonds. The highest BCUT2D eigenvalue weighted by Crippen LogP contribution is 2.24. The van der Waals surface area contributed by atoms with Crippen molar-refractivity contribution in [3.8, 4) is 5.75 Å². The Balaban J connectivity index is 1.79. The smallest absolute Gasteiger partial charge is 0.334 e. The first-order valence-corrected chi connectivity index (χ1v) is 13.6. The summed E-state index contributed by atoms with van der Waals surface area (Å²) >= 11 is 0.928. The van der Waals surface area contributed by atoms with Crippen molar-refractivity contribution < 1.29 is 54.4 Å². The minimum absolute atomic E-state index is 0.0184. The second-order valence-corrected chi connectivity index (χ2v) is 10.2. The Morgan fingerprint density at radius 3 is 2.52 bits per heavy atom. The minimum Gasteiger partial charge on any atom is -0.425 e. The van der Waals surface area contributed by atoms with E-state index >= 15 is 0 Å². The van der Waals surface area contributed by atoms with Gasteiger partial charge in [-0.3, -0.25) is 40.1 Å². The molecular weight excluding hydrogens is 552 g/mol. The van der Waals surface area contributed by atoms with E-state index in [-0.39, 0.29) is 48.1 Å². The summed E-state index contributed by atoms with van der Waals surface area (Å²) in [7, 11) is 0. The summed E-state index contributed by atoms with van der Waals surface area (Å²) in [5, 5.41) is 35.7. The Morgan fingerprint density at radius 1 is 1.10 bits per heavy atom. The van der Waals surface area contributed by atoms with Crippen LogP contribution in [0.1, 0.15) is 51.5 Å². The summed E-state index contributed by atoms with van der Waals surface area (Å²) in [6.45, 7) is 3.45. The fourth-order valence-corrected chi connectivity index (χ4v) is 4.75. The molecule has 0 bridgehead atoms. The Hall–Kier alpha value is -2.67. The molecule has 5 N–H and O–H groups in total. The summed E-state index contributed by atoms with van der Waals surface area (Å²) in [6, 6.07) is 4.76. The number of carbonyl (C=O) groups is 4. The van der Waals surface area contributed by atoms with Crippen LogP contribution < -0.4 is 10.1 Å². The highest BCUT2D eigenvalue weighted by molar-refractivity contribution is 8.13. The molecule has 1 aromatic carbocycles. The number of hydrogen-bond donors (Lipinski definition) is 5. The van der Waals surface area contributed by atoms with Crippen molar-refractivity contribution in [1.82, 2.24) is 21.0 Å². The molecule has 16 heteroatoms. The van der Waals surface area contributed by atoms with Crippen LogP contribution in [0.15, 0.2) is 24.3 Å². The van der Waals surface area contributed by atoms with Gasteiger partial charge in [0.15, 0.2) is 0 Å². The number of ether oxygens (including phenoxy) is 1. The van der Waals surface area contributed by atoms with Crippen LogP contribution in [0.4, 0.5) is 0 Å². The second kappa shape index (κ2) is 17.2. The van der Waals surface area contributed by atoms with Gasteiger partial charge in [-0.15, -0.1) is 0 Å². The molecule has 15 nitrogen and oxygen atoms in total. The van der Waals surface area contributed by atoms with E-state index in [4.69, 9.17) is 25.6 Å². The lowest BCUT2D eigenvalue weighted by Gasteiger charge is -2.26. The molecular formula is C24H36N4O11S. The molecule has 2 rings (SSSR count). The van der Waals surface area contributed by atoms with Crippen LogP contribution in [0.25, 0.3) is 0 Å². The quantitative estimate of drug-likeness (QED) is 0.0808. The number of unbranched alkanes of at least 4 members (excludes halogenated alkanes) is 1. The molecule has 1 unspecified atom stereocenters. The van der Waals surface area contributed by atoms with E-state index < -0.39 is 34.8 Å². The molecule has 1 heterocycles. The zero-order valence-corrected chi connectivity index (χ0v) is 23.1. The van der Waals surface area contributed by atoms with E-state index in [1.165, 1.54) is 11.0 Å². The second-order valence-electron chi connectivity index (χ2n) is 9.15. The first kappa shape index (κ1) is 33.5. The number of nitrogens with zero attached hydrogens (tertiary/aromatic N) is 3. The maximum atomic E-state index is 13.1. The van der Waals surface area contributed by atoms with Crippen molar-refractivity contribution in [3.63, 3.8) is 0 Å². The summed E-state index contributed by atoms with van der Waals surface area (Å²) in [4.78, 5) is 60.9. The third-order valence-corrected chi connectivity index (χ3v) is 7.21. The number of hydrogen-bond acceptors (Lipinski definition) is 14. The van der Waals surface area contributed by atoms with Gasteiger partial charge in [0, 0.05) is 24.6 Å². The Morgan fingerprint density at radius 2 is 1.82 bits per heavy atom. The van der Waals surface area contributed by atoms with Crippen LogP contribution in [0.2, 0.25) is 0 Å². The van der Waals surface area contributed by atoms with Gasteiger partial charge in [-0.2, -0.15) is 0 Å². The van der Waals surface area contributed by atoms with Gasteiger partial charge < -0.3 is 15.0 Å². The number of rotatable bonds is 16. The van der Waals surface area contributed by atoms with Crippen LogP contribution in [0.3, 0.4) is 0 Å². The molecule has 0 aliphatic carbocycles. The van der Waals surface area contributed by atoms with E-state index in [2.05, 4.69) is 15.0 Å². The number of carbonyl (C=O) groups excluding carboxylic acids is 4. The third-order valence-electron chi connectivity index (χ3n) is 5.90. The molecule has 1 aromatic rings. The van der Waals surface area contributed by atoms with Gasteiger partial charge in [0.2, 0.25) is 16.9 Å². The van der Waals surface area contributed by atoms with Gasteiger partial charge in [-0.05, 0) is 50.3 Å². The standard InChI is InChI=1S/C24H36N4O11S/c1-16(15-40-24(32)17(2)25-21(29)10-3-4-12-37-27(33)34)22(30)26-11-6-9-20(26)23(31)39-19-8-5-7-18(13-19)14-38-28(35)36/h5,7-8,13,16-17,20,33-36H,3-4,6,9-12,14-15H2,1-2H3,(H,25,29)/t16-,17?,20+/m1/s1. The van der Waals surface area contributed by atoms with Gasteiger partial charge in [-0.1, -0.05) is 30.8 Å². The molecule has 40 heavy (non-hydrogen) atoms. The zero-order valence-electron chi connectivity index (χ0n) is 22.3. The molecule has 3 atom stereocenters. The van der Waals surface area contributed by atoms with Crippen LogP contribution in [0, 0.1) is 5.92 Å². The zero-order chi connectivity index (χ0) is 29.7. The van der Waals surface area contributed by atoms with Crippen molar-refractivity contribution in [2.75, 3.05) is 18.9 Å². The Bertz CT molecular complexity index is 997. The summed E-state index contributed by atoms with van der Waals surface area (Å²) in [6.07, 6.45) is 2.01. The fraction of sp³-hybridized carbons (Fsp3) is 0.583. The summed E-state index contributed by atoms with van der Waals surface area (Å²) < 4.78 is 5.47. The monoisotopic (exact) mass is 588 g/mol. The van der Waals surface area contributed by atoms with Gasteiger partial charge in [0.1, 0.15) is 11.8 Å². The molecule has 1 saturated heterocycles. The Kier molecular flexibility index (Phi) is 14.4. The van der Waals surface area contributed by atoms with E-state index in [0.29, 0.717) is 37.8 Å². The lowest BCUT2D eigenvalue weighted by molar-refractivity contribution is -0.497. The van der Waals surface area contributed by atoms with Crippen molar-refractivity contribution in [3.05, 3.63) is 29.8 Å². The largest absolute Gasteiger partial charge is 0.425 e. The number of thioether (sulfide) groups is 1. The fourth-order valence-electron chi connectivity index (χ4n) is 3.88. The highest BCUT2D eigenvalue weighted by atomic mass is 32.2. The first-order valence-electron chi connectivity index (χ1n) is 12.7. The average molecular weight is 589 g/mol. The van der Waals surface area contributed by atoms with E-state index in [9.17, 15) is 19.2 Å². The van der Waals surface area contributed by atoms with Crippen molar-refractivity contribution in [1.29, 1.82) is 0 Å².